The molecule has 0 radical (unpaired) electrons. The molecule has 0 bridgehead atoms. The summed E-state index contributed by atoms with van der Waals surface area (Å²) in [7, 11) is 0. The van der Waals surface area contributed by atoms with Crippen molar-refractivity contribution in [2.24, 2.45) is 0 Å². The van der Waals surface area contributed by atoms with Crippen molar-refractivity contribution in [2.45, 2.75) is 19.9 Å². The number of halogens is 1. The van der Waals surface area contributed by atoms with E-state index in [-0.39, 0.29) is 10.9 Å². The lowest BCUT2D eigenvalue weighted by atomic mass is 10.1. The minimum absolute atomic E-state index is 0.154. The third-order valence-corrected chi connectivity index (χ3v) is 5.31. The number of hydrogen-bond acceptors (Lipinski definition) is 5. The Morgan fingerprint density at radius 2 is 1.87 bits per heavy atom. The predicted octanol–water partition coefficient (Wildman–Crippen LogP) is 4.28. The highest BCUT2D eigenvalue weighted by molar-refractivity contribution is 5.87. The molecular weight excluding hydrogens is 395 g/mol. The third-order valence-electron chi connectivity index (χ3n) is 5.31. The summed E-state index contributed by atoms with van der Waals surface area (Å²) in [6.45, 7) is 3.76. The molecule has 5 aromatic rings. The van der Waals surface area contributed by atoms with Crippen molar-refractivity contribution < 1.29 is 4.39 Å². The number of aromatic amines is 1. The minimum Gasteiger partial charge on any atom is -0.360 e. The summed E-state index contributed by atoms with van der Waals surface area (Å²) in [5.41, 5.74) is 2.41. The van der Waals surface area contributed by atoms with E-state index in [1.165, 1.54) is 12.5 Å². The van der Waals surface area contributed by atoms with E-state index >= 15 is 0 Å². The number of H-pyrrole nitrogens is 1. The minimum atomic E-state index is -0.454. The van der Waals surface area contributed by atoms with Gasteiger partial charge in [-0.25, -0.2) is 19.3 Å². The Morgan fingerprint density at radius 1 is 1.06 bits per heavy atom. The number of benzene rings is 2. The number of nitrogens with one attached hydrogen (secondary N) is 2. The van der Waals surface area contributed by atoms with Crippen LogP contribution in [0.5, 0.6) is 0 Å². The smallest absolute Gasteiger partial charge is 0.266 e. The molecule has 2 aromatic carbocycles. The molecule has 0 fully saturated rings. The molecule has 2 N–H and O–H groups in total. The highest BCUT2D eigenvalue weighted by Gasteiger charge is 2.21. The van der Waals surface area contributed by atoms with Crippen LogP contribution >= 0.6 is 0 Å². The molecule has 0 aliphatic carbocycles. The number of aromatic nitrogens is 5. The zero-order chi connectivity index (χ0) is 21.5. The van der Waals surface area contributed by atoms with Gasteiger partial charge in [0.25, 0.3) is 5.56 Å². The summed E-state index contributed by atoms with van der Waals surface area (Å²) in [4.78, 5) is 29.4. The summed E-state index contributed by atoms with van der Waals surface area (Å²) in [5, 5.41) is 4.05. The van der Waals surface area contributed by atoms with E-state index in [9.17, 15) is 9.18 Å². The number of aryl methyl sites for hydroxylation is 1. The van der Waals surface area contributed by atoms with Gasteiger partial charge in [0.05, 0.1) is 28.0 Å². The molecule has 1 atom stereocenters. The van der Waals surface area contributed by atoms with Gasteiger partial charge in [-0.1, -0.05) is 30.3 Å². The summed E-state index contributed by atoms with van der Waals surface area (Å²) >= 11 is 0. The number of fused-ring (bicyclic) bond motifs is 2. The Morgan fingerprint density at radius 3 is 2.68 bits per heavy atom. The van der Waals surface area contributed by atoms with Crippen LogP contribution in [0.15, 0.2) is 65.8 Å². The van der Waals surface area contributed by atoms with Crippen molar-refractivity contribution >= 4 is 27.8 Å². The Hall–Kier alpha value is -4.07. The van der Waals surface area contributed by atoms with Crippen LogP contribution < -0.4 is 10.9 Å². The van der Waals surface area contributed by atoms with Crippen LogP contribution in [0, 0.1) is 12.7 Å². The zero-order valence-corrected chi connectivity index (χ0v) is 16.9. The number of hydrogen-bond donors (Lipinski definition) is 2. The summed E-state index contributed by atoms with van der Waals surface area (Å²) in [5.74, 6) is 0.374. The van der Waals surface area contributed by atoms with E-state index < -0.39 is 11.9 Å². The Kier molecular flexibility index (Phi) is 4.47. The lowest BCUT2D eigenvalue weighted by Gasteiger charge is -2.20. The van der Waals surface area contributed by atoms with Crippen molar-refractivity contribution in [3.8, 4) is 5.69 Å². The molecule has 3 heterocycles. The maximum atomic E-state index is 14.3. The van der Waals surface area contributed by atoms with Crippen LogP contribution in [0.2, 0.25) is 0 Å². The highest BCUT2D eigenvalue weighted by Crippen LogP contribution is 2.27. The Balaban J connectivity index is 1.71. The fraction of sp³-hybridized carbons (Fsp3) is 0.130. The summed E-state index contributed by atoms with van der Waals surface area (Å²) < 4.78 is 15.9. The maximum absolute atomic E-state index is 14.3. The van der Waals surface area contributed by atoms with Crippen LogP contribution in [-0.4, -0.2) is 24.5 Å². The van der Waals surface area contributed by atoms with Crippen LogP contribution in [0.3, 0.4) is 0 Å². The first-order valence-electron chi connectivity index (χ1n) is 9.86. The standard InChI is InChI=1S/C23H19FN6O/c1-13-7-6-10-17-18(13)23(31)30(15-8-4-3-5-9-15)22(29-17)14(2)28-21-19-16(24)11-25-20(19)26-12-27-21/h3-12,14H,1-2H3,(H2,25,26,27,28). The molecule has 31 heavy (non-hydrogen) atoms. The Labute approximate surface area is 176 Å². The molecule has 0 saturated carbocycles. The fourth-order valence-corrected chi connectivity index (χ4v) is 3.83. The SMILES string of the molecule is Cc1cccc2nc(C(C)Nc3ncnc4[nH]cc(F)c34)n(-c3ccccc3)c(=O)c12. The third kappa shape index (κ3) is 3.13. The number of para-hydroxylation sites is 1. The molecule has 8 heteroatoms. The second-order valence-electron chi connectivity index (χ2n) is 7.36. The van der Waals surface area contributed by atoms with Crippen LogP contribution in [0.25, 0.3) is 27.6 Å². The number of anilines is 1. The van der Waals surface area contributed by atoms with Gasteiger partial charge in [-0.05, 0) is 37.6 Å². The molecule has 0 amide bonds. The van der Waals surface area contributed by atoms with Crippen LogP contribution in [0.1, 0.15) is 24.4 Å². The Bertz CT molecular complexity index is 1470. The molecule has 5 rings (SSSR count). The quantitative estimate of drug-likeness (QED) is 0.458. The number of rotatable bonds is 4. The predicted molar refractivity (Wildman–Crippen MR) is 118 cm³/mol. The van der Waals surface area contributed by atoms with Gasteiger partial charge < -0.3 is 10.3 Å². The molecule has 7 nitrogen and oxygen atoms in total. The molecule has 0 spiro atoms. The first kappa shape index (κ1) is 18.9. The fourth-order valence-electron chi connectivity index (χ4n) is 3.83. The van der Waals surface area contributed by atoms with E-state index in [1.54, 1.807) is 4.57 Å². The van der Waals surface area contributed by atoms with Crippen molar-refractivity contribution in [2.75, 3.05) is 5.32 Å². The highest BCUT2D eigenvalue weighted by atomic mass is 19.1. The monoisotopic (exact) mass is 414 g/mol. The van der Waals surface area contributed by atoms with E-state index in [1.807, 2.05) is 62.4 Å². The van der Waals surface area contributed by atoms with E-state index in [0.29, 0.717) is 33.9 Å². The molecule has 3 aromatic heterocycles. The maximum Gasteiger partial charge on any atom is 0.266 e. The first-order valence-corrected chi connectivity index (χ1v) is 9.86. The molecule has 0 aliphatic rings. The molecule has 154 valence electrons. The van der Waals surface area contributed by atoms with Gasteiger partial charge in [0.15, 0.2) is 5.82 Å². The van der Waals surface area contributed by atoms with E-state index in [2.05, 4.69) is 20.3 Å². The van der Waals surface area contributed by atoms with E-state index in [4.69, 9.17) is 4.98 Å². The average molecular weight is 414 g/mol. The van der Waals surface area contributed by atoms with Crippen LogP contribution in [0.4, 0.5) is 10.2 Å². The van der Waals surface area contributed by atoms with Crippen LogP contribution in [-0.2, 0) is 0 Å². The van der Waals surface area contributed by atoms with Crippen molar-refractivity contribution in [1.29, 1.82) is 0 Å². The summed E-state index contributed by atoms with van der Waals surface area (Å²) in [6.07, 6.45) is 2.60. The van der Waals surface area contributed by atoms with Crippen molar-refractivity contribution in [1.82, 2.24) is 24.5 Å². The summed E-state index contributed by atoms with van der Waals surface area (Å²) in [6, 6.07) is 14.5. The lowest BCUT2D eigenvalue weighted by molar-refractivity contribution is 0.639. The topological polar surface area (TPSA) is 88.5 Å². The largest absolute Gasteiger partial charge is 0.360 e. The van der Waals surface area contributed by atoms with Gasteiger partial charge >= 0.3 is 0 Å². The van der Waals surface area contributed by atoms with Gasteiger partial charge in [0, 0.05) is 6.20 Å². The lowest BCUT2D eigenvalue weighted by Crippen LogP contribution is -2.27. The van der Waals surface area contributed by atoms with Crippen molar-refractivity contribution in [3.05, 3.63) is 88.6 Å². The van der Waals surface area contributed by atoms with Gasteiger partial charge in [0.1, 0.15) is 23.6 Å². The van der Waals surface area contributed by atoms with Gasteiger partial charge in [0.2, 0.25) is 0 Å². The average Bonchev–Trinajstić information content (AvgIpc) is 3.16. The first-order chi connectivity index (χ1) is 15.0. The van der Waals surface area contributed by atoms with Gasteiger partial charge in [-0.2, -0.15) is 0 Å². The van der Waals surface area contributed by atoms with Crippen molar-refractivity contribution in [3.63, 3.8) is 0 Å². The molecule has 0 saturated heterocycles. The zero-order valence-electron chi connectivity index (χ0n) is 16.9. The van der Waals surface area contributed by atoms with E-state index in [0.717, 1.165) is 5.56 Å². The second-order valence-corrected chi connectivity index (χ2v) is 7.36. The molecule has 1 unspecified atom stereocenters. The second kappa shape index (κ2) is 7.32. The normalized spacial score (nSPS) is 12.4. The number of nitrogens with zero attached hydrogens (tertiary/aromatic N) is 4. The van der Waals surface area contributed by atoms with Gasteiger partial charge in [-0.15, -0.1) is 0 Å². The molecular formula is C23H19FN6O. The molecule has 0 aliphatic heterocycles. The van der Waals surface area contributed by atoms with Gasteiger partial charge in [-0.3, -0.25) is 9.36 Å².